The topological polar surface area (TPSA) is 40.7 Å². The molecule has 1 unspecified atom stereocenters. The zero-order valence-electron chi connectivity index (χ0n) is 13.4. The number of pyridine rings is 1. The van der Waals surface area contributed by atoms with Crippen LogP contribution in [0.5, 0.6) is 0 Å². The smallest absolute Gasteiger partial charge is 0.138 e. The van der Waals surface area contributed by atoms with Gasteiger partial charge in [0, 0.05) is 40.2 Å². The molecule has 0 saturated heterocycles. The molecule has 26 heavy (non-hydrogen) atoms. The minimum Gasteiger partial charge on any atom is -0.373 e. The van der Waals surface area contributed by atoms with Crippen molar-refractivity contribution in [3.05, 3.63) is 82.6 Å². The summed E-state index contributed by atoms with van der Waals surface area (Å²) >= 11 is 6.47. The third kappa shape index (κ3) is 2.07. The summed E-state index contributed by atoms with van der Waals surface area (Å²) in [6.07, 6.45) is 3.31. The Morgan fingerprint density at radius 1 is 1.00 bits per heavy atom. The van der Waals surface area contributed by atoms with E-state index in [9.17, 15) is 8.78 Å². The first-order chi connectivity index (χ1) is 12.6. The number of anilines is 1. The van der Waals surface area contributed by atoms with Crippen molar-refractivity contribution < 1.29 is 8.78 Å². The Hall–Kier alpha value is -2.92. The zero-order valence-corrected chi connectivity index (χ0v) is 14.1. The quantitative estimate of drug-likeness (QED) is 0.454. The molecular formula is C20H12ClF2N3. The molecule has 6 heteroatoms. The summed E-state index contributed by atoms with van der Waals surface area (Å²) in [5, 5.41) is 4.55. The van der Waals surface area contributed by atoms with Gasteiger partial charge in [0.15, 0.2) is 0 Å². The molecule has 3 heterocycles. The van der Waals surface area contributed by atoms with Gasteiger partial charge in [0.05, 0.1) is 16.6 Å². The lowest BCUT2D eigenvalue weighted by molar-refractivity contribution is 0.550. The third-order valence-electron chi connectivity index (χ3n) is 4.78. The van der Waals surface area contributed by atoms with Crippen molar-refractivity contribution in [1.29, 1.82) is 0 Å². The van der Waals surface area contributed by atoms with Gasteiger partial charge >= 0.3 is 0 Å². The van der Waals surface area contributed by atoms with Crippen molar-refractivity contribution in [1.82, 2.24) is 9.97 Å². The van der Waals surface area contributed by atoms with E-state index in [1.54, 1.807) is 12.4 Å². The largest absolute Gasteiger partial charge is 0.373 e. The van der Waals surface area contributed by atoms with Gasteiger partial charge in [-0.1, -0.05) is 35.9 Å². The van der Waals surface area contributed by atoms with Gasteiger partial charge in [0.2, 0.25) is 0 Å². The van der Waals surface area contributed by atoms with Gasteiger partial charge in [-0.3, -0.25) is 0 Å². The summed E-state index contributed by atoms with van der Waals surface area (Å²) in [5.74, 6) is -1.21. The molecule has 2 aromatic carbocycles. The van der Waals surface area contributed by atoms with E-state index in [1.807, 2.05) is 24.3 Å². The molecule has 0 bridgehead atoms. The highest BCUT2D eigenvalue weighted by Gasteiger charge is 2.30. The molecule has 0 fully saturated rings. The number of benzene rings is 2. The molecule has 3 nitrogen and oxygen atoms in total. The van der Waals surface area contributed by atoms with Crippen LogP contribution in [-0.2, 0) is 0 Å². The van der Waals surface area contributed by atoms with Gasteiger partial charge in [-0.15, -0.1) is 0 Å². The van der Waals surface area contributed by atoms with E-state index in [0.717, 1.165) is 22.2 Å². The van der Waals surface area contributed by atoms with Gasteiger partial charge in [0.1, 0.15) is 17.3 Å². The van der Waals surface area contributed by atoms with Crippen LogP contribution in [0.2, 0.25) is 5.02 Å². The highest BCUT2D eigenvalue weighted by molar-refractivity contribution is 6.35. The Morgan fingerprint density at radius 2 is 1.77 bits per heavy atom. The van der Waals surface area contributed by atoms with E-state index in [2.05, 4.69) is 15.3 Å². The normalized spacial score (nSPS) is 15.4. The molecule has 0 aliphatic carbocycles. The van der Waals surface area contributed by atoms with Crippen molar-refractivity contribution >= 4 is 28.3 Å². The number of H-pyrrole nitrogens is 1. The molecule has 1 aliphatic rings. The number of nitrogens with zero attached hydrogens (tertiary/aromatic N) is 1. The molecule has 5 rings (SSSR count). The van der Waals surface area contributed by atoms with Crippen molar-refractivity contribution in [3.8, 4) is 11.1 Å². The van der Waals surface area contributed by atoms with Crippen molar-refractivity contribution in [2.75, 3.05) is 5.32 Å². The number of nitrogens with one attached hydrogen (secondary N) is 2. The van der Waals surface area contributed by atoms with Crippen LogP contribution in [0, 0.1) is 11.6 Å². The number of rotatable bonds is 1. The highest BCUT2D eigenvalue weighted by atomic mass is 35.5. The van der Waals surface area contributed by atoms with Gasteiger partial charge < -0.3 is 10.3 Å². The lowest BCUT2D eigenvalue weighted by Gasteiger charge is -2.20. The van der Waals surface area contributed by atoms with Crippen LogP contribution >= 0.6 is 11.6 Å². The summed E-state index contributed by atoms with van der Waals surface area (Å²) < 4.78 is 29.1. The van der Waals surface area contributed by atoms with Crippen molar-refractivity contribution in [2.45, 2.75) is 6.04 Å². The van der Waals surface area contributed by atoms with E-state index in [-0.39, 0.29) is 5.56 Å². The fourth-order valence-corrected chi connectivity index (χ4v) is 3.91. The molecule has 2 aromatic heterocycles. The number of hydrogen-bond donors (Lipinski definition) is 2. The minimum absolute atomic E-state index is 0.0315. The molecule has 2 N–H and O–H groups in total. The van der Waals surface area contributed by atoms with Crippen LogP contribution in [0.1, 0.15) is 17.2 Å². The Balaban J connectivity index is 1.91. The van der Waals surface area contributed by atoms with E-state index in [0.29, 0.717) is 16.2 Å². The second-order valence-corrected chi connectivity index (χ2v) is 6.61. The van der Waals surface area contributed by atoms with Gasteiger partial charge in [-0.2, -0.15) is 0 Å². The van der Waals surface area contributed by atoms with Crippen LogP contribution in [0.15, 0.2) is 54.9 Å². The first-order valence-corrected chi connectivity index (χ1v) is 8.48. The van der Waals surface area contributed by atoms with Crippen LogP contribution in [0.3, 0.4) is 0 Å². The maximum absolute atomic E-state index is 14.6. The Labute approximate surface area is 152 Å². The van der Waals surface area contributed by atoms with Crippen LogP contribution in [-0.4, -0.2) is 9.97 Å². The molecule has 128 valence electrons. The lowest BCUT2D eigenvalue weighted by atomic mass is 9.96. The average Bonchev–Trinajstić information content (AvgIpc) is 2.99. The monoisotopic (exact) mass is 367 g/mol. The predicted octanol–water partition coefficient (Wildman–Crippen LogP) is 5.68. The van der Waals surface area contributed by atoms with Crippen molar-refractivity contribution in [2.24, 2.45) is 0 Å². The molecule has 0 amide bonds. The van der Waals surface area contributed by atoms with Crippen LogP contribution in [0.4, 0.5) is 14.5 Å². The third-order valence-corrected chi connectivity index (χ3v) is 5.07. The fourth-order valence-electron chi connectivity index (χ4n) is 3.66. The van der Waals surface area contributed by atoms with E-state index >= 15 is 0 Å². The molecule has 0 saturated carbocycles. The maximum Gasteiger partial charge on any atom is 0.138 e. The molecular weight excluding hydrogens is 356 g/mol. The summed E-state index contributed by atoms with van der Waals surface area (Å²) in [6.45, 7) is 0. The first kappa shape index (κ1) is 15.3. The van der Waals surface area contributed by atoms with Crippen LogP contribution < -0.4 is 5.32 Å². The second kappa shape index (κ2) is 5.54. The van der Waals surface area contributed by atoms with E-state index in [4.69, 9.17) is 11.6 Å². The summed E-state index contributed by atoms with van der Waals surface area (Å²) in [5.41, 5.74) is 3.71. The standard InChI is InChI=1S/C20H12ClF2N3/c21-12-9-25-20-17-11(8-24-20)19(18-13(22)5-3-6-14(18)23)26-15-7-2-1-4-10(15)16(12)17/h1-9,19,26H,(H,24,25). The Bertz CT molecular complexity index is 1150. The molecule has 0 radical (unpaired) electrons. The SMILES string of the molecule is Fc1cccc(F)c1C1Nc2ccccc2-c2c(Cl)cnc3[nH]cc1c23. The second-order valence-electron chi connectivity index (χ2n) is 6.21. The summed E-state index contributed by atoms with van der Waals surface area (Å²) in [7, 11) is 0. The Kier molecular flexibility index (Phi) is 3.27. The number of aromatic amines is 1. The molecule has 1 atom stereocenters. The van der Waals surface area contributed by atoms with Crippen molar-refractivity contribution in [3.63, 3.8) is 0 Å². The number of halogens is 3. The van der Waals surface area contributed by atoms with Gasteiger partial charge in [-0.25, -0.2) is 13.8 Å². The highest BCUT2D eigenvalue weighted by Crippen LogP contribution is 2.46. The molecule has 0 spiro atoms. The number of hydrogen-bond acceptors (Lipinski definition) is 2. The maximum atomic E-state index is 14.6. The average molecular weight is 368 g/mol. The number of aromatic nitrogens is 2. The number of para-hydroxylation sites is 1. The number of fused-ring (bicyclic) bond motifs is 2. The summed E-state index contributed by atoms with van der Waals surface area (Å²) in [4.78, 5) is 7.42. The fraction of sp³-hybridized carbons (Fsp3) is 0.0500. The summed E-state index contributed by atoms with van der Waals surface area (Å²) in [6, 6.07) is 10.7. The van der Waals surface area contributed by atoms with E-state index < -0.39 is 17.7 Å². The molecule has 1 aliphatic heterocycles. The lowest BCUT2D eigenvalue weighted by Crippen LogP contribution is -2.15. The Morgan fingerprint density at radius 3 is 2.58 bits per heavy atom. The van der Waals surface area contributed by atoms with Gasteiger partial charge in [-0.05, 0) is 18.2 Å². The van der Waals surface area contributed by atoms with Gasteiger partial charge in [0.25, 0.3) is 0 Å². The zero-order chi connectivity index (χ0) is 17.8. The molecule has 4 aromatic rings. The minimum atomic E-state index is -0.715. The van der Waals surface area contributed by atoms with E-state index in [1.165, 1.54) is 18.2 Å². The first-order valence-electron chi connectivity index (χ1n) is 8.10. The predicted molar refractivity (Wildman–Crippen MR) is 98.4 cm³/mol. The van der Waals surface area contributed by atoms with Crippen LogP contribution in [0.25, 0.3) is 22.2 Å².